The van der Waals surface area contributed by atoms with Gasteiger partial charge in [0, 0.05) is 0 Å². The second-order valence-corrected chi connectivity index (χ2v) is 7.89. The number of carbonyl (C=O) groups excluding carboxylic acids is 1. The quantitative estimate of drug-likeness (QED) is 0.452. The van der Waals surface area contributed by atoms with Gasteiger partial charge in [0.05, 0.1) is 24.4 Å². The van der Waals surface area contributed by atoms with E-state index in [4.69, 9.17) is 9.15 Å². The van der Waals surface area contributed by atoms with Crippen molar-refractivity contribution in [2.24, 2.45) is 5.10 Å². The van der Waals surface area contributed by atoms with Crippen molar-refractivity contribution in [1.29, 1.82) is 0 Å². The molecule has 2 aromatic carbocycles. The number of furan rings is 1. The summed E-state index contributed by atoms with van der Waals surface area (Å²) in [5.41, 5.74) is 2.61. The van der Waals surface area contributed by atoms with Crippen LogP contribution in [0.3, 0.4) is 0 Å². The van der Waals surface area contributed by atoms with Gasteiger partial charge in [-0.05, 0) is 48.5 Å². The van der Waals surface area contributed by atoms with E-state index >= 15 is 0 Å². The molecular weight excluding hydrogens is 394 g/mol. The first kappa shape index (κ1) is 20.2. The Morgan fingerprint density at radius 3 is 2.38 bits per heavy atom. The lowest BCUT2D eigenvalue weighted by molar-refractivity contribution is -0.119. The molecule has 0 aliphatic carbocycles. The number of hydrogen-bond acceptors (Lipinski definition) is 6. The molecule has 0 spiro atoms. The van der Waals surface area contributed by atoms with Gasteiger partial charge in [0.25, 0.3) is 5.91 Å². The lowest BCUT2D eigenvalue weighted by atomic mass is 10.3. The number of carbonyl (C=O) groups is 1. The Labute approximate surface area is 168 Å². The maximum Gasteiger partial charge on any atom is 0.260 e. The molecule has 0 saturated heterocycles. The molecule has 0 aliphatic rings. The molecule has 9 heteroatoms. The van der Waals surface area contributed by atoms with Crippen LogP contribution in [0.2, 0.25) is 0 Å². The zero-order valence-electron chi connectivity index (χ0n) is 15.6. The molecule has 1 N–H and O–H groups in total. The Morgan fingerprint density at radius 2 is 1.76 bits per heavy atom. The van der Waals surface area contributed by atoms with E-state index in [1.54, 1.807) is 36.4 Å². The molecule has 0 aliphatic heterocycles. The number of sulfonamides is 1. The highest BCUT2D eigenvalue weighted by molar-refractivity contribution is 7.92. The molecule has 8 nitrogen and oxygen atoms in total. The molecule has 150 valence electrons. The highest BCUT2D eigenvalue weighted by atomic mass is 32.2. The number of nitrogens with zero attached hydrogens (tertiary/aromatic N) is 2. The van der Waals surface area contributed by atoms with Crippen molar-refractivity contribution in [3.05, 3.63) is 78.8 Å². The van der Waals surface area contributed by atoms with E-state index in [-0.39, 0.29) is 0 Å². The summed E-state index contributed by atoms with van der Waals surface area (Å²) in [6, 6.07) is 18.9. The van der Waals surface area contributed by atoms with E-state index in [9.17, 15) is 13.2 Å². The molecule has 1 aromatic heterocycles. The third-order valence-electron chi connectivity index (χ3n) is 3.72. The number of ether oxygens (including phenoxy) is 1. The van der Waals surface area contributed by atoms with E-state index in [1.165, 1.54) is 12.5 Å². The zero-order valence-corrected chi connectivity index (χ0v) is 16.4. The number of anilines is 1. The monoisotopic (exact) mass is 413 g/mol. The molecule has 0 fully saturated rings. The summed E-state index contributed by atoms with van der Waals surface area (Å²) in [5.74, 6) is 1.07. The van der Waals surface area contributed by atoms with Crippen molar-refractivity contribution in [3.8, 4) is 11.5 Å². The fraction of sp³-hybridized carbons (Fsp3) is 0.100. The average Bonchev–Trinajstić information content (AvgIpc) is 3.20. The van der Waals surface area contributed by atoms with Gasteiger partial charge in [0.2, 0.25) is 10.0 Å². The average molecular weight is 413 g/mol. The Balaban J connectivity index is 1.67. The molecule has 1 heterocycles. The predicted octanol–water partition coefficient (Wildman–Crippen LogP) is 2.99. The number of benzene rings is 2. The van der Waals surface area contributed by atoms with Gasteiger partial charge in [-0.2, -0.15) is 5.10 Å². The number of nitrogens with one attached hydrogen (secondary N) is 1. The van der Waals surface area contributed by atoms with Crippen LogP contribution in [-0.2, 0) is 14.8 Å². The minimum absolute atomic E-state index is 0.332. The molecule has 29 heavy (non-hydrogen) atoms. The molecule has 1 amide bonds. The summed E-state index contributed by atoms with van der Waals surface area (Å²) < 4.78 is 36.1. The van der Waals surface area contributed by atoms with Crippen LogP contribution in [0.5, 0.6) is 11.5 Å². The van der Waals surface area contributed by atoms with E-state index in [0.29, 0.717) is 22.9 Å². The first-order chi connectivity index (χ1) is 13.9. The molecule has 0 unspecified atom stereocenters. The maximum atomic E-state index is 12.2. The third-order valence-corrected chi connectivity index (χ3v) is 4.86. The summed E-state index contributed by atoms with van der Waals surface area (Å²) in [6.45, 7) is -0.423. The molecule has 0 saturated carbocycles. The molecule has 0 bridgehead atoms. The molecule has 0 atom stereocenters. The van der Waals surface area contributed by atoms with Crippen LogP contribution in [0.4, 0.5) is 5.69 Å². The van der Waals surface area contributed by atoms with Gasteiger partial charge in [0.1, 0.15) is 23.8 Å². The van der Waals surface area contributed by atoms with E-state index in [2.05, 4.69) is 10.5 Å². The summed E-state index contributed by atoms with van der Waals surface area (Å²) in [6.07, 6.45) is 3.82. The van der Waals surface area contributed by atoms with Crippen molar-refractivity contribution in [3.63, 3.8) is 0 Å². The predicted molar refractivity (Wildman–Crippen MR) is 110 cm³/mol. The molecule has 3 aromatic rings. The first-order valence-electron chi connectivity index (χ1n) is 8.58. The maximum absolute atomic E-state index is 12.2. The van der Waals surface area contributed by atoms with Crippen molar-refractivity contribution in [2.75, 3.05) is 17.1 Å². The first-order valence-corrected chi connectivity index (χ1v) is 10.4. The smallest absolute Gasteiger partial charge is 0.260 e. The minimum atomic E-state index is -3.69. The van der Waals surface area contributed by atoms with Crippen LogP contribution in [-0.4, -0.2) is 33.3 Å². The van der Waals surface area contributed by atoms with Gasteiger partial charge < -0.3 is 9.15 Å². The van der Waals surface area contributed by atoms with Gasteiger partial charge in [-0.3, -0.25) is 9.10 Å². The second kappa shape index (κ2) is 9.07. The van der Waals surface area contributed by atoms with E-state index in [1.807, 2.05) is 30.3 Å². The SMILES string of the molecule is CS(=O)(=O)N(CC(=O)NN=Cc1ccco1)c1ccc(Oc2ccccc2)cc1. The van der Waals surface area contributed by atoms with Crippen molar-refractivity contribution < 1.29 is 22.4 Å². The fourth-order valence-corrected chi connectivity index (χ4v) is 3.26. The summed E-state index contributed by atoms with van der Waals surface area (Å²) >= 11 is 0. The van der Waals surface area contributed by atoms with E-state index < -0.39 is 22.5 Å². The number of para-hydroxylation sites is 1. The van der Waals surface area contributed by atoms with Crippen LogP contribution >= 0.6 is 0 Å². The summed E-state index contributed by atoms with van der Waals surface area (Å²) in [7, 11) is -3.69. The van der Waals surface area contributed by atoms with Crippen molar-refractivity contribution >= 4 is 27.8 Å². The number of hydrogen-bond donors (Lipinski definition) is 1. The molecule has 3 rings (SSSR count). The Kier molecular flexibility index (Phi) is 6.30. The van der Waals surface area contributed by atoms with Crippen LogP contribution in [0.1, 0.15) is 5.76 Å². The van der Waals surface area contributed by atoms with Gasteiger partial charge in [-0.15, -0.1) is 0 Å². The summed E-state index contributed by atoms with van der Waals surface area (Å²) in [5, 5.41) is 3.74. The van der Waals surface area contributed by atoms with Crippen molar-refractivity contribution in [2.45, 2.75) is 0 Å². The van der Waals surface area contributed by atoms with Gasteiger partial charge in [0.15, 0.2) is 0 Å². The van der Waals surface area contributed by atoms with Gasteiger partial charge >= 0.3 is 0 Å². The Morgan fingerprint density at radius 1 is 1.07 bits per heavy atom. The lowest BCUT2D eigenvalue weighted by Gasteiger charge is -2.21. The Bertz CT molecular complexity index is 1060. The number of amides is 1. The second-order valence-electron chi connectivity index (χ2n) is 5.99. The van der Waals surface area contributed by atoms with Crippen LogP contribution < -0.4 is 14.5 Å². The number of rotatable bonds is 8. The molecular formula is C20H19N3O5S. The number of hydrazone groups is 1. The van der Waals surface area contributed by atoms with Crippen LogP contribution in [0.15, 0.2) is 82.5 Å². The normalized spacial score (nSPS) is 11.3. The van der Waals surface area contributed by atoms with Crippen LogP contribution in [0.25, 0.3) is 0 Å². The highest BCUT2D eigenvalue weighted by Gasteiger charge is 2.20. The minimum Gasteiger partial charge on any atom is -0.463 e. The van der Waals surface area contributed by atoms with Gasteiger partial charge in [-0.25, -0.2) is 13.8 Å². The highest BCUT2D eigenvalue weighted by Crippen LogP contribution is 2.25. The van der Waals surface area contributed by atoms with E-state index in [0.717, 1.165) is 10.6 Å². The largest absolute Gasteiger partial charge is 0.463 e. The van der Waals surface area contributed by atoms with Gasteiger partial charge in [-0.1, -0.05) is 18.2 Å². The van der Waals surface area contributed by atoms with Crippen molar-refractivity contribution in [1.82, 2.24) is 5.43 Å². The lowest BCUT2D eigenvalue weighted by Crippen LogP contribution is -2.38. The topological polar surface area (TPSA) is 101 Å². The Hall–Kier alpha value is -3.59. The molecule has 0 radical (unpaired) electrons. The zero-order chi connectivity index (χ0) is 20.7. The van der Waals surface area contributed by atoms with Crippen LogP contribution in [0, 0.1) is 0 Å². The fourth-order valence-electron chi connectivity index (χ4n) is 2.40. The summed E-state index contributed by atoms with van der Waals surface area (Å²) in [4.78, 5) is 12.1. The standard InChI is InChI=1S/C20H19N3O5S/c1-29(25,26)23(15-20(24)22-21-14-19-8-5-13-27-19)16-9-11-18(12-10-16)28-17-6-3-2-4-7-17/h2-14H,15H2,1H3,(H,22,24). The third kappa shape index (κ3) is 5.94.